The molecule has 0 fully saturated rings. The van der Waals surface area contributed by atoms with Crippen molar-refractivity contribution in [2.75, 3.05) is 14.1 Å². The monoisotopic (exact) mass is 254 g/mol. The Kier molecular flexibility index (Phi) is 4.87. The molecule has 1 aromatic rings. The highest BCUT2D eigenvalue weighted by molar-refractivity contribution is 4.95. The molecule has 104 valence electrons. The van der Waals surface area contributed by atoms with Gasteiger partial charge in [0.05, 0.1) is 6.10 Å². The molecular weight excluding hydrogens is 228 g/mol. The number of hydrogen-bond acceptors (Lipinski definition) is 4. The lowest BCUT2D eigenvalue weighted by molar-refractivity contribution is 0.0163. The van der Waals surface area contributed by atoms with Crippen molar-refractivity contribution >= 4 is 0 Å². The first-order valence-corrected chi connectivity index (χ1v) is 6.47. The van der Waals surface area contributed by atoms with Crippen molar-refractivity contribution < 1.29 is 5.11 Å². The van der Waals surface area contributed by atoms with Gasteiger partial charge in [-0.2, -0.15) is 5.10 Å². The average Bonchev–Trinajstić information content (AvgIpc) is 2.64. The van der Waals surface area contributed by atoms with Crippen LogP contribution in [0.5, 0.6) is 0 Å². The molecule has 5 heteroatoms. The van der Waals surface area contributed by atoms with E-state index in [4.69, 9.17) is 0 Å². The van der Waals surface area contributed by atoms with Crippen LogP contribution in [-0.4, -0.2) is 50.5 Å². The zero-order valence-corrected chi connectivity index (χ0v) is 12.4. The molecule has 1 heterocycles. The quantitative estimate of drug-likeness (QED) is 0.828. The Morgan fingerprint density at radius 2 is 2.00 bits per heavy atom. The number of hydrogen-bond donors (Lipinski definition) is 1. The van der Waals surface area contributed by atoms with E-state index in [2.05, 4.69) is 23.9 Å². The zero-order valence-electron chi connectivity index (χ0n) is 12.4. The molecule has 1 atom stereocenters. The molecule has 1 aromatic heterocycles. The SMILES string of the molecule is CC(C)Cn1ncnc1CC(O)C(C)(C)N(C)C. The van der Waals surface area contributed by atoms with Crippen molar-refractivity contribution in [2.24, 2.45) is 5.92 Å². The van der Waals surface area contributed by atoms with E-state index in [-0.39, 0.29) is 5.54 Å². The third kappa shape index (κ3) is 3.53. The summed E-state index contributed by atoms with van der Waals surface area (Å²) in [5.74, 6) is 1.37. The summed E-state index contributed by atoms with van der Waals surface area (Å²) >= 11 is 0. The second-order valence-corrected chi connectivity index (χ2v) is 6.02. The second-order valence-electron chi connectivity index (χ2n) is 6.02. The van der Waals surface area contributed by atoms with Crippen molar-refractivity contribution in [2.45, 2.75) is 52.3 Å². The van der Waals surface area contributed by atoms with Gasteiger partial charge in [0.2, 0.25) is 0 Å². The fraction of sp³-hybridized carbons (Fsp3) is 0.846. The van der Waals surface area contributed by atoms with Crippen LogP contribution in [0, 0.1) is 5.92 Å². The van der Waals surface area contributed by atoms with Crippen LogP contribution in [-0.2, 0) is 13.0 Å². The van der Waals surface area contributed by atoms with Gasteiger partial charge in [-0.3, -0.25) is 0 Å². The Bertz CT molecular complexity index is 371. The Hall–Kier alpha value is -0.940. The van der Waals surface area contributed by atoms with E-state index in [1.165, 1.54) is 0 Å². The molecular formula is C13H26N4O. The van der Waals surface area contributed by atoms with Crippen LogP contribution >= 0.6 is 0 Å². The normalized spacial score (nSPS) is 14.5. The summed E-state index contributed by atoms with van der Waals surface area (Å²) in [6.45, 7) is 9.18. The summed E-state index contributed by atoms with van der Waals surface area (Å²) < 4.78 is 1.89. The van der Waals surface area contributed by atoms with Crippen molar-refractivity contribution in [1.82, 2.24) is 19.7 Å². The minimum absolute atomic E-state index is 0.283. The topological polar surface area (TPSA) is 54.2 Å². The van der Waals surface area contributed by atoms with Gasteiger partial charge in [0, 0.05) is 18.5 Å². The lowest BCUT2D eigenvalue weighted by Crippen LogP contribution is -2.49. The van der Waals surface area contributed by atoms with Gasteiger partial charge in [0.25, 0.3) is 0 Å². The summed E-state index contributed by atoms with van der Waals surface area (Å²) in [4.78, 5) is 6.28. The van der Waals surface area contributed by atoms with Crippen LogP contribution in [0.1, 0.15) is 33.5 Å². The van der Waals surface area contributed by atoms with E-state index in [1.807, 2.05) is 37.5 Å². The molecule has 0 saturated carbocycles. The molecule has 0 aliphatic heterocycles. The first kappa shape index (κ1) is 15.1. The van der Waals surface area contributed by atoms with E-state index < -0.39 is 6.10 Å². The molecule has 0 saturated heterocycles. The van der Waals surface area contributed by atoms with Crippen LogP contribution in [0.2, 0.25) is 0 Å². The number of aliphatic hydroxyl groups is 1. The smallest absolute Gasteiger partial charge is 0.138 e. The third-order valence-corrected chi connectivity index (χ3v) is 3.58. The molecule has 0 aliphatic carbocycles. The number of aromatic nitrogens is 3. The van der Waals surface area contributed by atoms with Crippen LogP contribution in [0.25, 0.3) is 0 Å². The van der Waals surface area contributed by atoms with Gasteiger partial charge in [-0.1, -0.05) is 13.8 Å². The molecule has 1 unspecified atom stereocenters. The van der Waals surface area contributed by atoms with Crippen LogP contribution < -0.4 is 0 Å². The summed E-state index contributed by atoms with van der Waals surface area (Å²) in [5.41, 5.74) is -0.283. The average molecular weight is 254 g/mol. The predicted molar refractivity (Wildman–Crippen MR) is 72.3 cm³/mol. The lowest BCUT2D eigenvalue weighted by atomic mass is 9.93. The highest BCUT2D eigenvalue weighted by Crippen LogP contribution is 2.18. The molecule has 0 spiro atoms. The van der Waals surface area contributed by atoms with E-state index in [1.54, 1.807) is 6.33 Å². The van der Waals surface area contributed by atoms with Gasteiger partial charge in [-0.25, -0.2) is 9.67 Å². The van der Waals surface area contributed by atoms with Crippen LogP contribution in [0.4, 0.5) is 0 Å². The first-order valence-electron chi connectivity index (χ1n) is 6.47. The third-order valence-electron chi connectivity index (χ3n) is 3.58. The van der Waals surface area contributed by atoms with Gasteiger partial charge in [0.1, 0.15) is 12.2 Å². The summed E-state index contributed by atoms with van der Waals surface area (Å²) in [6.07, 6.45) is 1.62. The number of nitrogens with zero attached hydrogens (tertiary/aromatic N) is 4. The van der Waals surface area contributed by atoms with Crippen molar-refractivity contribution in [3.63, 3.8) is 0 Å². The van der Waals surface area contributed by atoms with Crippen molar-refractivity contribution in [1.29, 1.82) is 0 Å². The molecule has 0 aliphatic rings. The molecule has 5 nitrogen and oxygen atoms in total. The van der Waals surface area contributed by atoms with Gasteiger partial charge < -0.3 is 10.0 Å². The summed E-state index contributed by atoms with van der Waals surface area (Å²) in [7, 11) is 3.95. The maximum atomic E-state index is 10.4. The van der Waals surface area contributed by atoms with E-state index in [9.17, 15) is 5.11 Å². The highest BCUT2D eigenvalue weighted by Gasteiger charge is 2.31. The minimum atomic E-state index is -0.470. The van der Waals surface area contributed by atoms with E-state index >= 15 is 0 Å². The van der Waals surface area contributed by atoms with E-state index in [0.717, 1.165) is 12.4 Å². The fourth-order valence-corrected chi connectivity index (χ4v) is 1.67. The molecule has 0 radical (unpaired) electrons. The van der Waals surface area contributed by atoms with Gasteiger partial charge in [-0.05, 0) is 33.9 Å². The second kappa shape index (κ2) is 5.80. The number of likely N-dealkylation sites (N-methyl/N-ethyl adjacent to an activating group) is 1. The molecule has 18 heavy (non-hydrogen) atoms. The maximum absolute atomic E-state index is 10.4. The molecule has 1 rings (SSSR count). The lowest BCUT2D eigenvalue weighted by Gasteiger charge is -2.37. The molecule has 0 amide bonds. The Balaban J connectivity index is 2.76. The first-order chi connectivity index (χ1) is 8.25. The zero-order chi connectivity index (χ0) is 13.9. The van der Waals surface area contributed by atoms with Crippen LogP contribution in [0.15, 0.2) is 6.33 Å². The molecule has 1 N–H and O–H groups in total. The highest BCUT2D eigenvalue weighted by atomic mass is 16.3. The fourth-order valence-electron chi connectivity index (χ4n) is 1.67. The Labute approximate surface area is 110 Å². The van der Waals surface area contributed by atoms with Gasteiger partial charge >= 0.3 is 0 Å². The number of aliphatic hydroxyl groups excluding tert-OH is 1. The van der Waals surface area contributed by atoms with Crippen molar-refractivity contribution in [3.05, 3.63) is 12.2 Å². The Morgan fingerprint density at radius 3 is 2.50 bits per heavy atom. The molecule has 0 bridgehead atoms. The Morgan fingerprint density at radius 1 is 1.39 bits per heavy atom. The van der Waals surface area contributed by atoms with Gasteiger partial charge in [-0.15, -0.1) is 0 Å². The van der Waals surface area contributed by atoms with Gasteiger partial charge in [0.15, 0.2) is 0 Å². The number of rotatable bonds is 6. The predicted octanol–water partition coefficient (Wildman–Crippen LogP) is 1.18. The van der Waals surface area contributed by atoms with E-state index in [0.29, 0.717) is 12.3 Å². The largest absolute Gasteiger partial charge is 0.391 e. The minimum Gasteiger partial charge on any atom is -0.391 e. The molecule has 0 aromatic carbocycles. The van der Waals surface area contributed by atoms with Crippen LogP contribution in [0.3, 0.4) is 0 Å². The summed E-state index contributed by atoms with van der Waals surface area (Å²) in [6, 6.07) is 0. The van der Waals surface area contributed by atoms with Crippen molar-refractivity contribution in [3.8, 4) is 0 Å². The standard InChI is InChI=1S/C13H26N4O/c1-10(2)8-17-12(14-9-15-17)7-11(18)13(3,4)16(5)6/h9-11,18H,7-8H2,1-6H3. The maximum Gasteiger partial charge on any atom is 0.138 e. The summed E-state index contributed by atoms with van der Waals surface area (Å²) in [5, 5.41) is 14.6.